The molecule has 0 radical (unpaired) electrons. The van der Waals surface area contributed by atoms with Crippen LogP contribution < -0.4 is 4.74 Å². The van der Waals surface area contributed by atoms with Crippen LogP contribution in [-0.4, -0.2) is 35.8 Å². The number of fused-ring (bicyclic) bond motifs is 1. The van der Waals surface area contributed by atoms with Gasteiger partial charge in [0.25, 0.3) is 0 Å². The molecular formula is C36H39FN4O3S. The van der Waals surface area contributed by atoms with Gasteiger partial charge < -0.3 is 14.8 Å². The minimum atomic E-state index is -1.01. The average molecular weight is 627 g/mol. The highest BCUT2D eigenvalue weighted by atomic mass is 32.2. The van der Waals surface area contributed by atoms with E-state index in [0.717, 1.165) is 56.5 Å². The fourth-order valence-corrected chi connectivity index (χ4v) is 7.01. The number of rotatable bonds is 12. The third-order valence-electron chi connectivity index (χ3n) is 8.25. The SMILES string of the molecule is CCC(CC)(C(=O)O)C(Cc1ccc(-c2ncc(F)cn2)cc1)c1[nH]c2ccc(OCc3ccccn3)cc2c1SC(C)(C)C. The number of carboxylic acids is 1. The lowest BCUT2D eigenvalue weighted by molar-refractivity contribution is -0.151. The van der Waals surface area contributed by atoms with Crippen LogP contribution in [0.2, 0.25) is 0 Å². The highest BCUT2D eigenvalue weighted by Crippen LogP contribution is 2.50. The molecule has 2 aromatic carbocycles. The van der Waals surface area contributed by atoms with Gasteiger partial charge in [-0.15, -0.1) is 11.8 Å². The van der Waals surface area contributed by atoms with Crippen molar-refractivity contribution >= 4 is 28.6 Å². The molecule has 0 saturated carbocycles. The molecule has 2 N–H and O–H groups in total. The number of H-pyrrole nitrogens is 1. The number of aliphatic carboxylic acids is 1. The van der Waals surface area contributed by atoms with E-state index in [4.69, 9.17) is 4.74 Å². The number of nitrogens with zero attached hydrogens (tertiary/aromatic N) is 3. The van der Waals surface area contributed by atoms with Crippen LogP contribution in [0.5, 0.6) is 5.75 Å². The molecule has 0 bridgehead atoms. The highest BCUT2D eigenvalue weighted by molar-refractivity contribution is 8.00. The Kier molecular flexibility index (Phi) is 9.58. The summed E-state index contributed by atoms with van der Waals surface area (Å²) in [5.41, 5.74) is 3.43. The smallest absolute Gasteiger partial charge is 0.310 e. The first-order valence-corrected chi connectivity index (χ1v) is 16.0. The van der Waals surface area contributed by atoms with Gasteiger partial charge >= 0.3 is 5.97 Å². The Hall–Kier alpha value is -4.24. The normalized spacial score (nSPS) is 12.8. The summed E-state index contributed by atoms with van der Waals surface area (Å²) in [6, 6.07) is 19.5. The zero-order valence-corrected chi connectivity index (χ0v) is 27.1. The molecular weight excluding hydrogens is 587 g/mol. The Bertz CT molecular complexity index is 1750. The first-order valence-electron chi connectivity index (χ1n) is 15.2. The lowest BCUT2D eigenvalue weighted by atomic mass is 9.67. The summed E-state index contributed by atoms with van der Waals surface area (Å²) in [5, 5.41) is 11.8. The van der Waals surface area contributed by atoms with Crippen LogP contribution in [-0.2, 0) is 17.8 Å². The number of thioether (sulfide) groups is 1. The third kappa shape index (κ3) is 7.20. The van der Waals surface area contributed by atoms with Gasteiger partial charge in [-0.25, -0.2) is 14.4 Å². The van der Waals surface area contributed by atoms with Crippen molar-refractivity contribution in [1.29, 1.82) is 0 Å². The molecule has 234 valence electrons. The maximum atomic E-state index is 13.4. The summed E-state index contributed by atoms with van der Waals surface area (Å²) in [5.74, 6) is -0.495. The van der Waals surface area contributed by atoms with Crippen LogP contribution in [0.25, 0.3) is 22.3 Å². The summed E-state index contributed by atoms with van der Waals surface area (Å²) >= 11 is 1.74. The summed E-state index contributed by atoms with van der Waals surface area (Å²) in [6.07, 6.45) is 5.49. The zero-order chi connectivity index (χ0) is 32.2. The predicted molar refractivity (Wildman–Crippen MR) is 177 cm³/mol. The first-order chi connectivity index (χ1) is 21.5. The van der Waals surface area contributed by atoms with Gasteiger partial charge in [-0.2, -0.15) is 0 Å². The number of aromatic nitrogens is 4. The zero-order valence-electron chi connectivity index (χ0n) is 26.3. The van der Waals surface area contributed by atoms with Gasteiger partial charge in [0.2, 0.25) is 0 Å². The van der Waals surface area contributed by atoms with E-state index in [-0.39, 0.29) is 10.7 Å². The molecule has 7 nitrogen and oxygen atoms in total. The van der Waals surface area contributed by atoms with E-state index in [9.17, 15) is 14.3 Å². The molecule has 0 aliphatic rings. The van der Waals surface area contributed by atoms with E-state index >= 15 is 0 Å². The van der Waals surface area contributed by atoms with Crippen molar-refractivity contribution < 1.29 is 19.0 Å². The van der Waals surface area contributed by atoms with Crippen molar-refractivity contribution in [2.24, 2.45) is 5.41 Å². The number of carbonyl (C=O) groups is 1. The average Bonchev–Trinajstić information content (AvgIpc) is 3.37. The molecule has 0 spiro atoms. The topological polar surface area (TPSA) is 101 Å². The summed E-state index contributed by atoms with van der Waals surface area (Å²) in [7, 11) is 0. The Morgan fingerprint density at radius 2 is 1.71 bits per heavy atom. The van der Waals surface area contributed by atoms with E-state index in [1.807, 2.05) is 74.5 Å². The molecule has 5 rings (SSSR count). The fraction of sp³-hybridized carbons (Fsp3) is 0.333. The second-order valence-electron chi connectivity index (χ2n) is 12.2. The minimum absolute atomic E-state index is 0.139. The number of ether oxygens (including phenoxy) is 1. The molecule has 0 saturated heterocycles. The van der Waals surface area contributed by atoms with Gasteiger partial charge in [-0.1, -0.05) is 65.0 Å². The molecule has 1 unspecified atom stereocenters. The van der Waals surface area contributed by atoms with E-state index in [2.05, 4.69) is 40.7 Å². The van der Waals surface area contributed by atoms with Gasteiger partial charge in [-0.3, -0.25) is 9.78 Å². The number of pyridine rings is 1. The van der Waals surface area contributed by atoms with E-state index in [1.165, 1.54) is 0 Å². The van der Waals surface area contributed by atoms with Crippen molar-refractivity contribution in [3.05, 3.63) is 102 Å². The Labute approximate surface area is 267 Å². The second-order valence-corrected chi connectivity index (χ2v) is 14.1. The fourth-order valence-electron chi connectivity index (χ4n) is 5.81. The lowest BCUT2D eigenvalue weighted by Crippen LogP contribution is -2.38. The molecule has 3 aromatic heterocycles. The lowest BCUT2D eigenvalue weighted by Gasteiger charge is -2.36. The monoisotopic (exact) mass is 626 g/mol. The van der Waals surface area contributed by atoms with Crippen LogP contribution in [0.3, 0.4) is 0 Å². The summed E-state index contributed by atoms with van der Waals surface area (Å²) in [6.45, 7) is 10.8. The number of benzene rings is 2. The minimum Gasteiger partial charge on any atom is -0.487 e. The maximum absolute atomic E-state index is 13.4. The number of aromatic amines is 1. The van der Waals surface area contributed by atoms with Crippen molar-refractivity contribution in [3.63, 3.8) is 0 Å². The number of halogens is 1. The van der Waals surface area contributed by atoms with Crippen LogP contribution in [0.1, 0.15) is 70.3 Å². The van der Waals surface area contributed by atoms with Gasteiger partial charge in [-0.05, 0) is 55.2 Å². The van der Waals surface area contributed by atoms with E-state index in [1.54, 1.807) is 18.0 Å². The van der Waals surface area contributed by atoms with Gasteiger partial charge in [0.1, 0.15) is 12.4 Å². The number of carboxylic acid groups (broad SMARTS) is 1. The molecule has 0 amide bonds. The third-order valence-corrected chi connectivity index (χ3v) is 9.50. The number of hydrogen-bond acceptors (Lipinski definition) is 6. The Morgan fingerprint density at radius 3 is 2.31 bits per heavy atom. The molecule has 0 aliphatic heterocycles. The van der Waals surface area contributed by atoms with Crippen molar-refractivity contribution in [2.75, 3.05) is 0 Å². The summed E-state index contributed by atoms with van der Waals surface area (Å²) < 4.78 is 19.4. The van der Waals surface area contributed by atoms with Crippen LogP contribution in [0.4, 0.5) is 4.39 Å². The highest BCUT2D eigenvalue weighted by Gasteiger charge is 2.45. The van der Waals surface area contributed by atoms with Gasteiger partial charge in [0, 0.05) is 43.9 Å². The van der Waals surface area contributed by atoms with E-state index in [0.29, 0.717) is 31.7 Å². The molecule has 45 heavy (non-hydrogen) atoms. The Balaban J connectivity index is 1.59. The first kappa shape index (κ1) is 32.2. The van der Waals surface area contributed by atoms with Gasteiger partial charge in [0.15, 0.2) is 11.6 Å². The quantitative estimate of drug-likeness (QED) is 0.133. The number of hydrogen-bond donors (Lipinski definition) is 2. The second kappa shape index (κ2) is 13.4. The molecule has 9 heteroatoms. The van der Waals surface area contributed by atoms with Crippen molar-refractivity contribution in [2.45, 2.75) is 76.0 Å². The van der Waals surface area contributed by atoms with Crippen molar-refractivity contribution in [1.82, 2.24) is 19.9 Å². The standard InChI is InChI=1S/C36H39FN4O3S/c1-6-36(7-2,34(42)43)29(18-23-11-13-24(14-12-23)33-39-20-25(37)21-40-33)31-32(45-35(3,4)5)28-19-27(15-16-30(28)41-31)44-22-26-10-8-9-17-38-26/h8-17,19-21,29,41H,6-7,18,22H2,1-5H3,(H,42,43). The van der Waals surface area contributed by atoms with Crippen molar-refractivity contribution in [3.8, 4) is 17.1 Å². The molecule has 0 aliphatic carbocycles. The van der Waals surface area contributed by atoms with Gasteiger partial charge in [0.05, 0.1) is 23.5 Å². The number of nitrogens with one attached hydrogen (secondary N) is 1. The molecule has 5 aromatic rings. The molecule has 1 atom stereocenters. The largest absolute Gasteiger partial charge is 0.487 e. The summed E-state index contributed by atoms with van der Waals surface area (Å²) in [4.78, 5) is 30.4. The van der Waals surface area contributed by atoms with Crippen LogP contribution >= 0.6 is 11.8 Å². The van der Waals surface area contributed by atoms with Crippen LogP contribution in [0, 0.1) is 11.2 Å². The predicted octanol–water partition coefficient (Wildman–Crippen LogP) is 8.85. The Morgan fingerprint density at radius 1 is 1.00 bits per heavy atom. The molecule has 0 fully saturated rings. The maximum Gasteiger partial charge on any atom is 0.310 e. The molecule has 3 heterocycles. The van der Waals surface area contributed by atoms with Crippen LogP contribution in [0.15, 0.2) is 84.1 Å². The van der Waals surface area contributed by atoms with E-state index < -0.39 is 17.2 Å².